The molecule has 2 atom stereocenters. The standard InChI is InChI=1S/C50H44N2/c1-49(2)43-26-13-19-32(46(43)41-30-34-17-8-9-18-35(34)31-44(41)49)27-28-45(52-48(51)33-15-6-5-7-16-33)37-21-12-20-36(29-37)38-23-14-24-40-39-22-10-11-25-42(39)50(3,4)47(38)40/h5-31,45,48,52H,51H2,1-4H3/b28-27+. The molecular formula is C50H44N2. The average Bonchev–Trinajstić information content (AvgIpc) is 3.55. The summed E-state index contributed by atoms with van der Waals surface area (Å²) in [7, 11) is 0. The SMILES string of the molecule is CC1(C)c2cc3ccccc3cc2-c2c(/C=C/C(NC(N)c3ccccc3)c3cccc(-c4cccc5c4C(C)(C)c4ccccc4-5)c3)cccc21. The minimum atomic E-state index is -0.346. The third kappa shape index (κ3) is 5.17. The van der Waals surface area contributed by atoms with E-state index in [4.69, 9.17) is 5.73 Å². The molecule has 0 spiro atoms. The van der Waals surface area contributed by atoms with Gasteiger partial charge in [0, 0.05) is 10.8 Å². The second-order valence-corrected chi connectivity index (χ2v) is 15.6. The van der Waals surface area contributed by atoms with Crippen molar-refractivity contribution in [3.05, 3.63) is 197 Å². The first-order chi connectivity index (χ1) is 25.2. The van der Waals surface area contributed by atoms with Gasteiger partial charge in [0.1, 0.15) is 0 Å². The van der Waals surface area contributed by atoms with Crippen molar-refractivity contribution in [2.45, 2.75) is 50.7 Å². The van der Waals surface area contributed by atoms with E-state index in [2.05, 4.69) is 179 Å². The molecule has 52 heavy (non-hydrogen) atoms. The van der Waals surface area contributed by atoms with Crippen LogP contribution in [-0.2, 0) is 10.8 Å². The number of fused-ring (bicyclic) bond motifs is 7. The van der Waals surface area contributed by atoms with E-state index in [0.29, 0.717) is 0 Å². The lowest BCUT2D eigenvalue weighted by atomic mass is 9.78. The van der Waals surface area contributed by atoms with E-state index in [1.54, 1.807) is 0 Å². The van der Waals surface area contributed by atoms with E-state index in [9.17, 15) is 0 Å². The second-order valence-electron chi connectivity index (χ2n) is 15.6. The highest BCUT2D eigenvalue weighted by molar-refractivity contribution is 5.96. The molecule has 0 aliphatic heterocycles. The largest absolute Gasteiger partial charge is 0.312 e. The predicted octanol–water partition coefficient (Wildman–Crippen LogP) is 12.1. The van der Waals surface area contributed by atoms with Crippen molar-refractivity contribution in [1.29, 1.82) is 0 Å². The number of nitrogens with two attached hydrogens (primary N) is 1. The zero-order valence-electron chi connectivity index (χ0n) is 30.3. The van der Waals surface area contributed by atoms with E-state index in [0.717, 1.165) is 5.56 Å². The zero-order valence-corrected chi connectivity index (χ0v) is 30.3. The Balaban J connectivity index is 1.15. The first kappa shape index (κ1) is 32.4. The summed E-state index contributed by atoms with van der Waals surface area (Å²) in [6.45, 7) is 9.43. The molecule has 0 radical (unpaired) electrons. The van der Waals surface area contributed by atoms with Crippen molar-refractivity contribution < 1.29 is 0 Å². The van der Waals surface area contributed by atoms with Gasteiger partial charge >= 0.3 is 0 Å². The maximum Gasteiger partial charge on any atom is 0.0817 e. The molecule has 7 aromatic carbocycles. The van der Waals surface area contributed by atoms with Gasteiger partial charge in [-0.15, -0.1) is 0 Å². The molecule has 2 heteroatoms. The van der Waals surface area contributed by atoms with Gasteiger partial charge in [-0.1, -0.05) is 173 Å². The Morgan fingerprint density at radius 1 is 0.519 bits per heavy atom. The lowest BCUT2D eigenvalue weighted by molar-refractivity contribution is 0.509. The lowest BCUT2D eigenvalue weighted by Crippen LogP contribution is -2.31. The zero-order chi connectivity index (χ0) is 35.6. The molecule has 2 nitrogen and oxygen atoms in total. The monoisotopic (exact) mass is 672 g/mol. The van der Waals surface area contributed by atoms with E-state index in [-0.39, 0.29) is 23.0 Å². The van der Waals surface area contributed by atoms with Crippen LogP contribution in [0.3, 0.4) is 0 Å². The van der Waals surface area contributed by atoms with Gasteiger partial charge in [0.15, 0.2) is 0 Å². The number of rotatable bonds is 7. The van der Waals surface area contributed by atoms with Crippen LogP contribution in [0.15, 0.2) is 158 Å². The van der Waals surface area contributed by atoms with E-state index in [1.165, 1.54) is 77.5 Å². The van der Waals surface area contributed by atoms with Gasteiger partial charge in [0.2, 0.25) is 0 Å². The number of nitrogens with one attached hydrogen (secondary N) is 1. The minimum absolute atomic E-state index is 0.0937. The van der Waals surface area contributed by atoms with Crippen molar-refractivity contribution >= 4 is 16.8 Å². The number of benzene rings is 7. The Morgan fingerprint density at radius 3 is 1.98 bits per heavy atom. The average molecular weight is 673 g/mol. The summed E-state index contributed by atoms with van der Waals surface area (Å²) in [6.07, 6.45) is 4.27. The summed E-state index contributed by atoms with van der Waals surface area (Å²) in [5.41, 5.74) is 23.5. The highest BCUT2D eigenvalue weighted by Crippen LogP contribution is 2.53. The molecule has 0 fully saturated rings. The topological polar surface area (TPSA) is 38.0 Å². The fourth-order valence-corrected chi connectivity index (χ4v) is 9.04. The molecule has 0 heterocycles. The normalized spacial score (nSPS) is 15.9. The van der Waals surface area contributed by atoms with E-state index in [1.807, 2.05) is 18.2 Å². The van der Waals surface area contributed by atoms with Gasteiger partial charge in [-0.05, 0) is 101 Å². The fraction of sp³-hybridized carbons (Fsp3) is 0.160. The van der Waals surface area contributed by atoms with Crippen molar-refractivity contribution in [1.82, 2.24) is 5.32 Å². The van der Waals surface area contributed by atoms with Crippen LogP contribution in [-0.4, -0.2) is 0 Å². The summed E-state index contributed by atoms with van der Waals surface area (Å²) in [4.78, 5) is 0. The van der Waals surface area contributed by atoms with Crippen molar-refractivity contribution in [3.8, 4) is 33.4 Å². The molecule has 9 rings (SSSR count). The maximum atomic E-state index is 6.91. The minimum Gasteiger partial charge on any atom is -0.312 e. The summed E-state index contributed by atoms with van der Waals surface area (Å²) in [5.74, 6) is 0. The smallest absolute Gasteiger partial charge is 0.0817 e. The Hall–Kier alpha value is -5.54. The lowest BCUT2D eigenvalue weighted by Gasteiger charge is -2.25. The Bertz CT molecular complexity index is 2520. The highest BCUT2D eigenvalue weighted by atomic mass is 15.0. The molecule has 2 aliphatic rings. The van der Waals surface area contributed by atoms with Crippen LogP contribution < -0.4 is 11.1 Å². The van der Waals surface area contributed by atoms with Crippen LogP contribution in [0.2, 0.25) is 0 Å². The van der Waals surface area contributed by atoms with Gasteiger partial charge in [-0.2, -0.15) is 0 Å². The van der Waals surface area contributed by atoms with Gasteiger partial charge in [-0.25, -0.2) is 0 Å². The van der Waals surface area contributed by atoms with Crippen LogP contribution in [0, 0.1) is 0 Å². The van der Waals surface area contributed by atoms with E-state index >= 15 is 0 Å². The van der Waals surface area contributed by atoms with Crippen molar-refractivity contribution in [3.63, 3.8) is 0 Å². The molecule has 3 N–H and O–H groups in total. The molecule has 2 aliphatic carbocycles. The van der Waals surface area contributed by atoms with Crippen LogP contribution in [0.4, 0.5) is 0 Å². The number of hydrogen-bond acceptors (Lipinski definition) is 2. The van der Waals surface area contributed by atoms with Crippen LogP contribution in [0.25, 0.3) is 50.2 Å². The summed E-state index contributed by atoms with van der Waals surface area (Å²) < 4.78 is 0. The molecule has 254 valence electrons. The fourth-order valence-electron chi connectivity index (χ4n) is 9.04. The second kappa shape index (κ2) is 12.3. The third-order valence-corrected chi connectivity index (χ3v) is 11.7. The predicted molar refractivity (Wildman–Crippen MR) is 219 cm³/mol. The Labute approximate surface area is 307 Å². The van der Waals surface area contributed by atoms with Gasteiger partial charge in [-0.3, -0.25) is 5.32 Å². The summed E-state index contributed by atoms with van der Waals surface area (Å²) in [5, 5.41) is 6.36. The molecule has 2 unspecified atom stereocenters. The molecular weight excluding hydrogens is 629 g/mol. The molecule has 0 aromatic heterocycles. The first-order valence-corrected chi connectivity index (χ1v) is 18.5. The van der Waals surface area contributed by atoms with E-state index < -0.39 is 0 Å². The van der Waals surface area contributed by atoms with Crippen LogP contribution in [0.5, 0.6) is 0 Å². The molecule has 0 saturated carbocycles. The van der Waals surface area contributed by atoms with Gasteiger partial charge < -0.3 is 5.73 Å². The highest BCUT2D eigenvalue weighted by Gasteiger charge is 2.38. The first-order valence-electron chi connectivity index (χ1n) is 18.5. The molecule has 7 aromatic rings. The summed E-state index contributed by atoms with van der Waals surface area (Å²) in [6, 6.07) is 55.1. The Morgan fingerprint density at radius 2 is 1.15 bits per heavy atom. The number of hydrogen-bond donors (Lipinski definition) is 2. The van der Waals surface area contributed by atoms with Gasteiger partial charge in [0.05, 0.1) is 12.2 Å². The summed E-state index contributed by atoms with van der Waals surface area (Å²) >= 11 is 0. The molecule has 0 saturated heterocycles. The Kier molecular flexibility index (Phi) is 7.66. The van der Waals surface area contributed by atoms with Crippen LogP contribution >= 0.6 is 0 Å². The van der Waals surface area contributed by atoms with Gasteiger partial charge in [0.25, 0.3) is 0 Å². The van der Waals surface area contributed by atoms with Crippen molar-refractivity contribution in [2.24, 2.45) is 5.73 Å². The third-order valence-electron chi connectivity index (χ3n) is 11.7. The molecule has 0 amide bonds. The van der Waals surface area contributed by atoms with Crippen LogP contribution in [0.1, 0.15) is 78.8 Å². The maximum absolute atomic E-state index is 6.91. The quantitative estimate of drug-likeness (QED) is 0.165. The molecule has 0 bridgehead atoms. The van der Waals surface area contributed by atoms with Crippen molar-refractivity contribution in [2.75, 3.05) is 0 Å².